The van der Waals surface area contributed by atoms with Gasteiger partial charge in [0.1, 0.15) is 0 Å². The SMILES string of the molecule is CCCN(C1CCNC1)S(=O)(=O)N1CCc2ccccc2C1. The Balaban J connectivity index is 1.82. The Morgan fingerprint density at radius 3 is 2.77 bits per heavy atom. The Labute approximate surface area is 133 Å². The zero-order chi connectivity index (χ0) is 15.6. The normalized spacial score (nSPS) is 22.9. The molecule has 0 bridgehead atoms. The van der Waals surface area contributed by atoms with Gasteiger partial charge in [-0.2, -0.15) is 17.0 Å². The molecular weight excluding hydrogens is 298 g/mol. The molecule has 0 radical (unpaired) electrons. The number of rotatable bonds is 5. The van der Waals surface area contributed by atoms with Gasteiger partial charge in [0.2, 0.25) is 0 Å². The molecule has 0 amide bonds. The highest BCUT2D eigenvalue weighted by molar-refractivity contribution is 7.86. The van der Waals surface area contributed by atoms with Crippen LogP contribution in [0.15, 0.2) is 24.3 Å². The van der Waals surface area contributed by atoms with Crippen molar-refractivity contribution in [2.24, 2.45) is 0 Å². The first-order valence-corrected chi connectivity index (χ1v) is 9.57. The van der Waals surface area contributed by atoms with Crippen LogP contribution in [0.1, 0.15) is 30.9 Å². The second-order valence-corrected chi connectivity index (χ2v) is 8.00. The second kappa shape index (κ2) is 6.66. The molecule has 1 atom stereocenters. The van der Waals surface area contributed by atoms with E-state index in [2.05, 4.69) is 11.4 Å². The second-order valence-electron chi connectivity index (χ2n) is 6.12. The topological polar surface area (TPSA) is 52.7 Å². The molecule has 1 aromatic rings. The van der Waals surface area contributed by atoms with Crippen molar-refractivity contribution in [1.29, 1.82) is 0 Å². The van der Waals surface area contributed by atoms with E-state index in [0.29, 0.717) is 19.6 Å². The predicted molar refractivity (Wildman–Crippen MR) is 87.7 cm³/mol. The van der Waals surface area contributed by atoms with E-state index in [0.717, 1.165) is 37.9 Å². The van der Waals surface area contributed by atoms with E-state index in [-0.39, 0.29) is 6.04 Å². The minimum Gasteiger partial charge on any atom is -0.315 e. The zero-order valence-corrected chi connectivity index (χ0v) is 14.0. The Bertz CT molecular complexity index is 612. The smallest absolute Gasteiger partial charge is 0.282 e. The van der Waals surface area contributed by atoms with Crippen LogP contribution in [0.3, 0.4) is 0 Å². The fourth-order valence-electron chi connectivity index (χ4n) is 3.41. The Morgan fingerprint density at radius 2 is 2.09 bits per heavy atom. The van der Waals surface area contributed by atoms with Gasteiger partial charge in [-0.3, -0.25) is 0 Å². The fraction of sp³-hybridized carbons (Fsp3) is 0.625. The van der Waals surface area contributed by atoms with Crippen LogP contribution in [-0.4, -0.2) is 49.2 Å². The number of hydrogen-bond donors (Lipinski definition) is 1. The van der Waals surface area contributed by atoms with Gasteiger partial charge in [-0.15, -0.1) is 0 Å². The highest BCUT2D eigenvalue weighted by Gasteiger charge is 2.36. The molecule has 2 heterocycles. The van der Waals surface area contributed by atoms with Gasteiger partial charge < -0.3 is 5.32 Å². The van der Waals surface area contributed by atoms with Crippen molar-refractivity contribution in [1.82, 2.24) is 13.9 Å². The zero-order valence-electron chi connectivity index (χ0n) is 13.2. The molecule has 1 saturated heterocycles. The van der Waals surface area contributed by atoms with E-state index in [1.165, 1.54) is 5.56 Å². The molecule has 2 aliphatic rings. The molecule has 3 rings (SSSR count). The number of fused-ring (bicyclic) bond motifs is 1. The molecule has 1 N–H and O–H groups in total. The summed E-state index contributed by atoms with van der Waals surface area (Å²) in [6.07, 6.45) is 2.56. The first kappa shape index (κ1) is 15.9. The van der Waals surface area contributed by atoms with Crippen molar-refractivity contribution in [3.8, 4) is 0 Å². The van der Waals surface area contributed by atoms with Gasteiger partial charge in [-0.05, 0) is 36.9 Å². The summed E-state index contributed by atoms with van der Waals surface area (Å²) in [5.41, 5.74) is 2.41. The molecule has 22 heavy (non-hydrogen) atoms. The van der Waals surface area contributed by atoms with E-state index in [4.69, 9.17) is 0 Å². The highest BCUT2D eigenvalue weighted by Crippen LogP contribution is 2.25. The molecule has 1 fully saturated rings. The number of nitrogens with one attached hydrogen (secondary N) is 1. The Morgan fingerprint density at radius 1 is 1.32 bits per heavy atom. The minimum atomic E-state index is -3.39. The molecule has 0 aromatic heterocycles. The van der Waals surface area contributed by atoms with E-state index < -0.39 is 10.2 Å². The summed E-state index contributed by atoms with van der Waals surface area (Å²) in [6.45, 7) is 5.40. The number of nitrogens with zero attached hydrogens (tertiary/aromatic N) is 2. The first-order chi connectivity index (χ1) is 10.6. The van der Waals surface area contributed by atoms with Gasteiger partial charge in [0.25, 0.3) is 10.2 Å². The van der Waals surface area contributed by atoms with E-state index in [1.807, 2.05) is 25.1 Å². The lowest BCUT2D eigenvalue weighted by molar-refractivity contribution is 0.284. The third kappa shape index (κ3) is 3.06. The van der Waals surface area contributed by atoms with Gasteiger partial charge in [0.15, 0.2) is 0 Å². The molecule has 1 unspecified atom stereocenters. The molecule has 0 spiro atoms. The fourth-order valence-corrected chi connectivity index (χ4v) is 5.30. The van der Waals surface area contributed by atoms with Crippen molar-refractivity contribution < 1.29 is 8.42 Å². The molecular formula is C16H25N3O2S. The summed E-state index contributed by atoms with van der Waals surface area (Å²) < 4.78 is 29.6. The summed E-state index contributed by atoms with van der Waals surface area (Å²) in [5.74, 6) is 0. The van der Waals surface area contributed by atoms with Gasteiger partial charge >= 0.3 is 0 Å². The van der Waals surface area contributed by atoms with Gasteiger partial charge in [0, 0.05) is 32.2 Å². The summed E-state index contributed by atoms with van der Waals surface area (Å²) in [4.78, 5) is 0. The number of benzene rings is 1. The quantitative estimate of drug-likeness (QED) is 0.890. The third-order valence-corrected chi connectivity index (χ3v) is 6.64. The summed E-state index contributed by atoms with van der Waals surface area (Å²) in [5, 5.41) is 3.28. The van der Waals surface area contributed by atoms with Crippen molar-refractivity contribution >= 4 is 10.2 Å². The van der Waals surface area contributed by atoms with Crippen LogP contribution in [0.5, 0.6) is 0 Å². The van der Waals surface area contributed by atoms with Crippen molar-refractivity contribution in [3.05, 3.63) is 35.4 Å². The third-order valence-electron chi connectivity index (χ3n) is 4.60. The summed E-state index contributed by atoms with van der Waals surface area (Å²) >= 11 is 0. The predicted octanol–water partition coefficient (Wildman–Crippen LogP) is 1.36. The van der Waals surface area contributed by atoms with Crippen molar-refractivity contribution in [3.63, 3.8) is 0 Å². The van der Waals surface area contributed by atoms with E-state index in [9.17, 15) is 8.42 Å². The lowest BCUT2D eigenvalue weighted by atomic mass is 10.0. The van der Waals surface area contributed by atoms with Gasteiger partial charge in [0.05, 0.1) is 0 Å². The standard InChI is InChI=1S/C16H25N3O2S/c1-2-10-19(16-7-9-17-12-16)22(20,21)18-11-8-14-5-3-4-6-15(14)13-18/h3-6,16-17H,2,7-13H2,1H3. The first-order valence-electron chi connectivity index (χ1n) is 8.17. The van der Waals surface area contributed by atoms with Crippen molar-refractivity contribution in [2.75, 3.05) is 26.2 Å². The average molecular weight is 323 g/mol. The Kier molecular flexibility index (Phi) is 4.82. The van der Waals surface area contributed by atoms with Crippen LogP contribution in [0.2, 0.25) is 0 Å². The lowest BCUT2D eigenvalue weighted by Gasteiger charge is -2.35. The molecule has 5 nitrogen and oxygen atoms in total. The van der Waals surface area contributed by atoms with Crippen LogP contribution in [0.25, 0.3) is 0 Å². The highest BCUT2D eigenvalue weighted by atomic mass is 32.2. The van der Waals surface area contributed by atoms with Crippen LogP contribution >= 0.6 is 0 Å². The van der Waals surface area contributed by atoms with Crippen LogP contribution in [0.4, 0.5) is 0 Å². The average Bonchev–Trinajstić information content (AvgIpc) is 3.06. The van der Waals surface area contributed by atoms with Crippen LogP contribution in [0, 0.1) is 0 Å². The Hall–Kier alpha value is -0.950. The summed E-state index contributed by atoms with van der Waals surface area (Å²) in [7, 11) is -3.39. The minimum absolute atomic E-state index is 0.0992. The maximum Gasteiger partial charge on any atom is 0.282 e. The molecule has 0 saturated carbocycles. The van der Waals surface area contributed by atoms with Gasteiger partial charge in [-0.25, -0.2) is 0 Å². The largest absolute Gasteiger partial charge is 0.315 e. The van der Waals surface area contributed by atoms with E-state index >= 15 is 0 Å². The van der Waals surface area contributed by atoms with Gasteiger partial charge in [-0.1, -0.05) is 31.2 Å². The van der Waals surface area contributed by atoms with Crippen LogP contribution in [-0.2, 0) is 23.2 Å². The molecule has 0 aliphatic carbocycles. The molecule has 2 aliphatic heterocycles. The lowest BCUT2D eigenvalue weighted by Crippen LogP contribution is -2.50. The molecule has 6 heteroatoms. The maximum absolute atomic E-state index is 13.1. The van der Waals surface area contributed by atoms with Crippen LogP contribution < -0.4 is 5.32 Å². The summed E-state index contributed by atoms with van der Waals surface area (Å²) in [6, 6.07) is 8.25. The number of hydrogen-bond acceptors (Lipinski definition) is 3. The maximum atomic E-state index is 13.1. The van der Waals surface area contributed by atoms with Crippen molar-refractivity contribution in [2.45, 2.75) is 38.8 Å². The van der Waals surface area contributed by atoms with E-state index in [1.54, 1.807) is 8.61 Å². The molecule has 122 valence electrons. The molecule has 1 aromatic carbocycles. The monoisotopic (exact) mass is 323 g/mol.